The van der Waals surface area contributed by atoms with E-state index >= 15 is 0 Å². The van der Waals surface area contributed by atoms with Gasteiger partial charge in [0.25, 0.3) is 0 Å². The van der Waals surface area contributed by atoms with Crippen molar-refractivity contribution in [2.24, 2.45) is 0 Å². The fraction of sp³-hybridized carbons (Fsp3) is 0.385. The van der Waals surface area contributed by atoms with Crippen molar-refractivity contribution >= 4 is 5.97 Å². The zero-order chi connectivity index (χ0) is 14.5. The number of rotatable bonds is 4. The molecule has 0 saturated carbocycles. The summed E-state index contributed by atoms with van der Waals surface area (Å²) in [6, 6.07) is 7.28. The summed E-state index contributed by atoms with van der Waals surface area (Å²) in [6.45, 7) is 1.55. The van der Waals surface area contributed by atoms with Crippen molar-refractivity contribution in [1.82, 2.24) is 0 Å². The Hall–Kier alpha value is -2.03. The first-order valence-electron chi connectivity index (χ1n) is 5.61. The normalized spacial score (nSPS) is 12.6. The fourth-order valence-electron chi connectivity index (χ4n) is 1.60. The smallest absolute Gasteiger partial charge is 0.390 e. The van der Waals surface area contributed by atoms with Crippen molar-refractivity contribution in [3.63, 3.8) is 0 Å². The van der Waals surface area contributed by atoms with Crippen LogP contribution in [0.15, 0.2) is 24.3 Å². The average molecular weight is 271 g/mol. The predicted octanol–water partition coefficient (Wildman–Crippen LogP) is 3.16. The van der Waals surface area contributed by atoms with Crippen LogP contribution in [0, 0.1) is 11.3 Å². The molecule has 0 saturated heterocycles. The molecule has 0 bridgehead atoms. The van der Waals surface area contributed by atoms with Crippen LogP contribution in [0.4, 0.5) is 13.2 Å². The number of nitrogens with zero attached hydrogens (tertiary/aromatic N) is 1. The Balaban J connectivity index is 3.01. The summed E-state index contributed by atoms with van der Waals surface area (Å²) in [5.41, 5.74) is 0.508. The van der Waals surface area contributed by atoms with Crippen LogP contribution in [0.2, 0.25) is 0 Å². The first-order valence-corrected chi connectivity index (χ1v) is 5.61. The zero-order valence-electron chi connectivity index (χ0n) is 10.2. The van der Waals surface area contributed by atoms with Gasteiger partial charge in [-0.2, -0.15) is 18.4 Å². The molecule has 0 heterocycles. The molecule has 0 aliphatic heterocycles. The van der Waals surface area contributed by atoms with Crippen molar-refractivity contribution in [3.8, 4) is 6.07 Å². The summed E-state index contributed by atoms with van der Waals surface area (Å²) in [6.07, 6.45) is -5.75. The van der Waals surface area contributed by atoms with Gasteiger partial charge < -0.3 is 4.74 Å². The molecule has 0 amide bonds. The van der Waals surface area contributed by atoms with Crippen LogP contribution in [-0.2, 0) is 9.53 Å². The zero-order valence-corrected chi connectivity index (χ0v) is 10.2. The number of ether oxygens (including phenoxy) is 1. The van der Waals surface area contributed by atoms with E-state index in [4.69, 9.17) is 5.26 Å². The van der Waals surface area contributed by atoms with Gasteiger partial charge in [-0.05, 0) is 24.6 Å². The third-order valence-electron chi connectivity index (χ3n) is 2.45. The van der Waals surface area contributed by atoms with Crippen molar-refractivity contribution in [2.45, 2.75) is 25.4 Å². The Morgan fingerprint density at radius 2 is 1.95 bits per heavy atom. The summed E-state index contributed by atoms with van der Waals surface area (Å²) in [4.78, 5) is 11.6. The topological polar surface area (TPSA) is 50.1 Å². The molecular formula is C13H12F3NO2. The summed E-state index contributed by atoms with van der Waals surface area (Å²) < 4.78 is 42.1. The monoisotopic (exact) mass is 271 g/mol. The van der Waals surface area contributed by atoms with Gasteiger partial charge in [-0.1, -0.05) is 12.1 Å². The highest BCUT2D eigenvalue weighted by atomic mass is 19.4. The number of esters is 1. The molecule has 6 heteroatoms. The van der Waals surface area contributed by atoms with Crippen LogP contribution in [-0.4, -0.2) is 18.8 Å². The summed E-state index contributed by atoms with van der Waals surface area (Å²) >= 11 is 0. The number of alkyl halides is 3. The van der Waals surface area contributed by atoms with Gasteiger partial charge in [-0.3, -0.25) is 4.79 Å². The number of hydrogen-bond donors (Lipinski definition) is 0. The highest BCUT2D eigenvalue weighted by Gasteiger charge is 2.37. The molecule has 1 atom stereocenters. The molecule has 0 radical (unpaired) electrons. The van der Waals surface area contributed by atoms with Crippen molar-refractivity contribution in [2.75, 3.05) is 6.61 Å². The Morgan fingerprint density at radius 1 is 1.37 bits per heavy atom. The SMILES string of the molecule is CCOC(=O)C(CC(F)(F)F)c1ccc(C#N)cc1. The van der Waals surface area contributed by atoms with Crippen LogP contribution in [0.5, 0.6) is 0 Å². The maximum atomic E-state index is 12.5. The summed E-state index contributed by atoms with van der Waals surface area (Å²) in [7, 11) is 0. The molecule has 0 N–H and O–H groups in total. The number of carbonyl (C=O) groups is 1. The molecule has 3 nitrogen and oxygen atoms in total. The Kier molecular flexibility index (Phi) is 4.93. The molecule has 0 spiro atoms. The van der Waals surface area contributed by atoms with Crippen molar-refractivity contribution in [1.29, 1.82) is 5.26 Å². The second-order valence-corrected chi connectivity index (χ2v) is 3.86. The molecule has 19 heavy (non-hydrogen) atoms. The third kappa shape index (κ3) is 4.62. The third-order valence-corrected chi connectivity index (χ3v) is 2.45. The number of nitriles is 1. The van der Waals surface area contributed by atoms with Gasteiger partial charge >= 0.3 is 12.1 Å². The average Bonchev–Trinajstić information content (AvgIpc) is 2.35. The van der Waals surface area contributed by atoms with Crippen LogP contribution >= 0.6 is 0 Å². The van der Waals surface area contributed by atoms with Gasteiger partial charge in [0.2, 0.25) is 0 Å². The van der Waals surface area contributed by atoms with E-state index in [0.29, 0.717) is 5.56 Å². The molecular weight excluding hydrogens is 259 g/mol. The van der Waals surface area contributed by atoms with E-state index in [-0.39, 0.29) is 12.2 Å². The van der Waals surface area contributed by atoms with Crippen LogP contribution < -0.4 is 0 Å². The van der Waals surface area contributed by atoms with E-state index in [1.807, 2.05) is 6.07 Å². The lowest BCUT2D eigenvalue weighted by molar-refractivity contribution is -0.161. The minimum absolute atomic E-state index is 0.0173. The van der Waals surface area contributed by atoms with Gasteiger partial charge in [0.1, 0.15) is 0 Å². The highest BCUT2D eigenvalue weighted by molar-refractivity contribution is 5.78. The molecule has 1 unspecified atom stereocenters. The quantitative estimate of drug-likeness (QED) is 0.790. The van der Waals surface area contributed by atoms with Gasteiger partial charge in [0.15, 0.2) is 0 Å². The van der Waals surface area contributed by atoms with Crippen molar-refractivity contribution in [3.05, 3.63) is 35.4 Å². The molecule has 0 aromatic heterocycles. The van der Waals surface area contributed by atoms with Crippen LogP contribution in [0.25, 0.3) is 0 Å². The first kappa shape index (κ1) is 15.0. The molecule has 1 aromatic rings. The number of benzene rings is 1. The maximum Gasteiger partial charge on any atom is 0.390 e. The number of hydrogen-bond acceptors (Lipinski definition) is 3. The van der Waals surface area contributed by atoms with Gasteiger partial charge in [0, 0.05) is 0 Å². The molecule has 0 aliphatic carbocycles. The van der Waals surface area contributed by atoms with Crippen molar-refractivity contribution < 1.29 is 22.7 Å². The van der Waals surface area contributed by atoms with Crippen LogP contribution in [0.3, 0.4) is 0 Å². The lowest BCUT2D eigenvalue weighted by atomic mass is 9.95. The van der Waals surface area contributed by atoms with E-state index < -0.39 is 24.5 Å². The van der Waals surface area contributed by atoms with Gasteiger partial charge in [0.05, 0.1) is 30.6 Å². The Bertz CT molecular complexity index is 474. The Labute approximate surface area is 108 Å². The van der Waals surface area contributed by atoms with E-state index in [9.17, 15) is 18.0 Å². The second-order valence-electron chi connectivity index (χ2n) is 3.86. The molecule has 102 valence electrons. The van der Waals surface area contributed by atoms with Gasteiger partial charge in [-0.25, -0.2) is 0 Å². The number of carbonyl (C=O) groups excluding carboxylic acids is 1. The molecule has 1 aromatic carbocycles. The molecule has 1 rings (SSSR count). The molecule has 0 aliphatic rings. The maximum absolute atomic E-state index is 12.5. The van der Waals surface area contributed by atoms with Crippen LogP contribution in [0.1, 0.15) is 30.4 Å². The first-order chi connectivity index (χ1) is 8.87. The lowest BCUT2D eigenvalue weighted by Crippen LogP contribution is -2.22. The standard InChI is InChI=1S/C13H12F3NO2/c1-2-19-12(18)11(7-13(14,15)16)10-5-3-9(8-17)4-6-10/h3-6,11H,2,7H2,1H3. The largest absolute Gasteiger partial charge is 0.466 e. The Morgan fingerprint density at radius 3 is 2.37 bits per heavy atom. The minimum Gasteiger partial charge on any atom is -0.466 e. The van der Waals surface area contributed by atoms with E-state index in [1.54, 1.807) is 0 Å². The molecule has 0 fully saturated rings. The number of halogens is 3. The fourth-order valence-corrected chi connectivity index (χ4v) is 1.60. The highest BCUT2D eigenvalue weighted by Crippen LogP contribution is 2.32. The predicted molar refractivity (Wildman–Crippen MR) is 61.2 cm³/mol. The van der Waals surface area contributed by atoms with Gasteiger partial charge in [-0.15, -0.1) is 0 Å². The van der Waals surface area contributed by atoms with E-state index in [1.165, 1.54) is 31.2 Å². The lowest BCUT2D eigenvalue weighted by Gasteiger charge is -2.17. The van der Waals surface area contributed by atoms with E-state index in [0.717, 1.165) is 0 Å². The summed E-state index contributed by atoms with van der Waals surface area (Å²) in [5.74, 6) is -2.31. The second kappa shape index (κ2) is 6.23. The summed E-state index contributed by atoms with van der Waals surface area (Å²) in [5, 5.41) is 8.63. The minimum atomic E-state index is -4.47. The van der Waals surface area contributed by atoms with E-state index in [2.05, 4.69) is 4.74 Å².